The lowest BCUT2D eigenvalue weighted by atomic mass is 10.2. The van der Waals surface area contributed by atoms with Gasteiger partial charge >= 0.3 is 6.03 Å². The maximum Gasteiger partial charge on any atom is 0.315 e. The third-order valence-electron chi connectivity index (χ3n) is 2.86. The van der Waals surface area contributed by atoms with Crippen molar-refractivity contribution in [2.45, 2.75) is 13.1 Å². The molecule has 0 aliphatic carbocycles. The summed E-state index contributed by atoms with van der Waals surface area (Å²) in [6.07, 6.45) is 0. The summed E-state index contributed by atoms with van der Waals surface area (Å²) < 4.78 is 0. The molecular formula is C15H16N2O3. The molecule has 0 saturated carbocycles. The van der Waals surface area contributed by atoms with E-state index in [0.717, 1.165) is 0 Å². The van der Waals surface area contributed by atoms with Crippen molar-refractivity contribution in [2.24, 2.45) is 0 Å². The molecule has 2 rings (SSSR count). The number of carbonyl (C=O) groups is 1. The first-order chi connectivity index (χ1) is 9.66. The molecule has 0 radical (unpaired) electrons. The number of aromatic hydroxyl groups is 2. The lowest BCUT2D eigenvalue weighted by Crippen LogP contribution is -2.34. The smallest absolute Gasteiger partial charge is 0.315 e. The van der Waals surface area contributed by atoms with E-state index >= 15 is 0 Å². The predicted molar refractivity (Wildman–Crippen MR) is 75.3 cm³/mol. The summed E-state index contributed by atoms with van der Waals surface area (Å²) in [5, 5.41) is 24.4. The average Bonchev–Trinajstić information content (AvgIpc) is 2.45. The van der Waals surface area contributed by atoms with Gasteiger partial charge in [0.05, 0.1) is 0 Å². The molecule has 2 aromatic carbocycles. The molecule has 0 atom stereocenters. The Kier molecular flexibility index (Phi) is 4.44. The average molecular weight is 272 g/mol. The van der Waals surface area contributed by atoms with Crippen LogP contribution in [0.4, 0.5) is 4.79 Å². The van der Waals surface area contributed by atoms with Gasteiger partial charge in [0, 0.05) is 24.2 Å². The predicted octanol–water partition coefficient (Wildman–Crippen LogP) is 2.10. The number of urea groups is 1. The third-order valence-corrected chi connectivity index (χ3v) is 2.86. The Bertz CT molecular complexity index is 548. The molecule has 0 saturated heterocycles. The molecule has 0 heterocycles. The maximum atomic E-state index is 11.6. The highest BCUT2D eigenvalue weighted by Gasteiger charge is 2.05. The maximum absolute atomic E-state index is 11.6. The highest BCUT2D eigenvalue weighted by Crippen LogP contribution is 2.15. The molecule has 20 heavy (non-hydrogen) atoms. The first-order valence-electron chi connectivity index (χ1n) is 6.22. The van der Waals surface area contributed by atoms with E-state index in [0.29, 0.717) is 11.1 Å². The number of carbonyl (C=O) groups excluding carboxylic acids is 1. The van der Waals surface area contributed by atoms with Gasteiger partial charge in [-0.1, -0.05) is 36.4 Å². The minimum Gasteiger partial charge on any atom is -0.508 e. The van der Waals surface area contributed by atoms with Gasteiger partial charge < -0.3 is 20.8 Å². The zero-order chi connectivity index (χ0) is 14.4. The number of nitrogens with one attached hydrogen (secondary N) is 2. The van der Waals surface area contributed by atoms with Crippen LogP contribution in [0.1, 0.15) is 11.1 Å². The summed E-state index contributed by atoms with van der Waals surface area (Å²) in [4.78, 5) is 11.6. The molecule has 2 amide bonds. The van der Waals surface area contributed by atoms with E-state index < -0.39 is 0 Å². The van der Waals surface area contributed by atoms with Gasteiger partial charge in [-0.3, -0.25) is 0 Å². The van der Waals surface area contributed by atoms with Gasteiger partial charge in [0.25, 0.3) is 0 Å². The number of para-hydroxylation sites is 2. The highest BCUT2D eigenvalue weighted by atomic mass is 16.3. The number of phenolic OH excluding ortho intramolecular Hbond substituents is 2. The highest BCUT2D eigenvalue weighted by molar-refractivity contribution is 5.74. The SMILES string of the molecule is O=C(NCc1ccccc1O)NCc1ccccc1O. The van der Waals surface area contributed by atoms with Crippen LogP contribution in [0, 0.1) is 0 Å². The molecule has 5 nitrogen and oxygen atoms in total. The number of rotatable bonds is 4. The molecule has 0 bridgehead atoms. The molecule has 0 aromatic heterocycles. The molecule has 104 valence electrons. The Morgan fingerprint density at radius 1 is 0.800 bits per heavy atom. The van der Waals surface area contributed by atoms with Crippen LogP contribution in [-0.2, 0) is 13.1 Å². The fourth-order valence-electron chi connectivity index (χ4n) is 1.73. The molecule has 0 spiro atoms. The van der Waals surface area contributed by atoms with Gasteiger partial charge in [-0.2, -0.15) is 0 Å². The van der Waals surface area contributed by atoms with Crippen LogP contribution in [0.15, 0.2) is 48.5 Å². The Balaban J connectivity index is 1.82. The van der Waals surface area contributed by atoms with Crippen LogP contribution < -0.4 is 10.6 Å². The molecule has 5 heteroatoms. The normalized spacial score (nSPS) is 10.0. The van der Waals surface area contributed by atoms with Gasteiger partial charge in [0.1, 0.15) is 11.5 Å². The summed E-state index contributed by atoms with van der Waals surface area (Å²) >= 11 is 0. The minimum atomic E-state index is -0.364. The van der Waals surface area contributed by atoms with Crippen LogP contribution >= 0.6 is 0 Å². The van der Waals surface area contributed by atoms with Gasteiger partial charge in [-0.25, -0.2) is 4.79 Å². The summed E-state index contributed by atoms with van der Waals surface area (Å²) in [7, 11) is 0. The molecule has 4 N–H and O–H groups in total. The molecule has 0 aliphatic rings. The van der Waals surface area contributed by atoms with Crippen LogP contribution in [0.5, 0.6) is 11.5 Å². The zero-order valence-corrected chi connectivity index (χ0v) is 10.8. The lowest BCUT2D eigenvalue weighted by molar-refractivity contribution is 0.240. The van der Waals surface area contributed by atoms with E-state index in [1.54, 1.807) is 48.5 Å². The van der Waals surface area contributed by atoms with Gasteiger partial charge in [-0.15, -0.1) is 0 Å². The van der Waals surface area contributed by atoms with E-state index in [1.807, 2.05) is 0 Å². The van der Waals surface area contributed by atoms with Gasteiger partial charge in [-0.05, 0) is 12.1 Å². The summed E-state index contributed by atoms with van der Waals surface area (Å²) in [6, 6.07) is 13.3. The van der Waals surface area contributed by atoms with Crippen molar-refractivity contribution in [3.8, 4) is 11.5 Å². The van der Waals surface area contributed by atoms with E-state index in [9.17, 15) is 15.0 Å². The fraction of sp³-hybridized carbons (Fsp3) is 0.133. The van der Waals surface area contributed by atoms with Crippen molar-refractivity contribution in [2.75, 3.05) is 0 Å². The zero-order valence-electron chi connectivity index (χ0n) is 10.8. The molecule has 0 unspecified atom stereocenters. The van der Waals surface area contributed by atoms with E-state index in [-0.39, 0.29) is 30.6 Å². The van der Waals surface area contributed by atoms with Crippen LogP contribution in [-0.4, -0.2) is 16.2 Å². The van der Waals surface area contributed by atoms with Crippen LogP contribution in [0.3, 0.4) is 0 Å². The topological polar surface area (TPSA) is 81.6 Å². The monoisotopic (exact) mass is 272 g/mol. The second-order valence-corrected chi connectivity index (χ2v) is 4.29. The number of phenols is 2. The molecule has 0 fully saturated rings. The second kappa shape index (κ2) is 6.47. The third kappa shape index (κ3) is 3.65. The Morgan fingerprint density at radius 3 is 1.60 bits per heavy atom. The Morgan fingerprint density at radius 2 is 1.20 bits per heavy atom. The van der Waals surface area contributed by atoms with Crippen LogP contribution in [0.2, 0.25) is 0 Å². The largest absolute Gasteiger partial charge is 0.508 e. The lowest BCUT2D eigenvalue weighted by Gasteiger charge is -2.09. The van der Waals surface area contributed by atoms with Crippen molar-refractivity contribution < 1.29 is 15.0 Å². The van der Waals surface area contributed by atoms with Crippen LogP contribution in [0.25, 0.3) is 0 Å². The fourth-order valence-corrected chi connectivity index (χ4v) is 1.73. The van der Waals surface area contributed by atoms with E-state index in [4.69, 9.17) is 0 Å². The van der Waals surface area contributed by atoms with Crippen molar-refractivity contribution in [1.29, 1.82) is 0 Å². The minimum absolute atomic E-state index is 0.147. The number of hydrogen-bond donors (Lipinski definition) is 4. The summed E-state index contributed by atoms with van der Waals surface area (Å²) in [5.74, 6) is 0.294. The Hall–Kier alpha value is -2.69. The van der Waals surface area contributed by atoms with Crippen molar-refractivity contribution in [3.05, 3.63) is 59.7 Å². The first kappa shape index (κ1) is 13.7. The Labute approximate surface area is 116 Å². The van der Waals surface area contributed by atoms with Crippen molar-refractivity contribution in [1.82, 2.24) is 10.6 Å². The number of hydrogen-bond acceptors (Lipinski definition) is 3. The second-order valence-electron chi connectivity index (χ2n) is 4.29. The van der Waals surface area contributed by atoms with E-state index in [2.05, 4.69) is 10.6 Å². The molecular weight excluding hydrogens is 256 g/mol. The number of benzene rings is 2. The summed E-state index contributed by atoms with van der Waals surface area (Å²) in [5.41, 5.74) is 1.29. The number of amides is 2. The first-order valence-corrected chi connectivity index (χ1v) is 6.22. The van der Waals surface area contributed by atoms with E-state index in [1.165, 1.54) is 0 Å². The molecule has 0 aliphatic heterocycles. The van der Waals surface area contributed by atoms with Crippen molar-refractivity contribution in [3.63, 3.8) is 0 Å². The quantitative estimate of drug-likeness (QED) is 0.688. The standard InChI is InChI=1S/C15H16N2O3/c18-13-7-3-1-5-11(13)9-16-15(20)17-10-12-6-2-4-8-14(12)19/h1-8,18-19H,9-10H2,(H2,16,17,20). The molecule has 2 aromatic rings. The van der Waals surface area contributed by atoms with Gasteiger partial charge in [0.2, 0.25) is 0 Å². The van der Waals surface area contributed by atoms with Crippen molar-refractivity contribution >= 4 is 6.03 Å². The van der Waals surface area contributed by atoms with Gasteiger partial charge in [0.15, 0.2) is 0 Å². The summed E-state index contributed by atoms with van der Waals surface area (Å²) in [6.45, 7) is 0.471.